The van der Waals surface area contributed by atoms with Crippen LogP contribution in [0.5, 0.6) is 0 Å². The number of aliphatic imine (C=N–C) groups is 2. The first kappa shape index (κ1) is 15.8. The highest BCUT2D eigenvalue weighted by Gasteiger charge is 2.26. The van der Waals surface area contributed by atoms with Gasteiger partial charge in [0, 0.05) is 11.4 Å². The van der Waals surface area contributed by atoms with Crippen LogP contribution in [-0.2, 0) is 0 Å². The number of nitrogens with one attached hydrogen (secondary N) is 2. The minimum Gasteiger partial charge on any atom is -0.334 e. The van der Waals surface area contributed by atoms with E-state index in [4.69, 9.17) is 0 Å². The quantitative estimate of drug-likeness (QED) is 0.560. The van der Waals surface area contributed by atoms with Gasteiger partial charge in [0.2, 0.25) is 5.11 Å². The average Bonchev–Trinajstić information content (AvgIpc) is 3.10. The number of rotatable bonds is 2. The zero-order valence-electron chi connectivity index (χ0n) is 13.2. The Bertz CT molecular complexity index is 796. The predicted molar refractivity (Wildman–Crippen MR) is 112 cm³/mol. The van der Waals surface area contributed by atoms with Crippen LogP contribution in [0.25, 0.3) is 0 Å². The fraction of sp³-hybridized carbons (Fsp3) is 0.118. The molecule has 0 spiro atoms. The van der Waals surface area contributed by atoms with Crippen molar-refractivity contribution in [3.8, 4) is 0 Å². The van der Waals surface area contributed by atoms with Crippen LogP contribution in [0.1, 0.15) is 11.1 Å². The van der Waals surface area contributed by atoms with Gasteiger partial charge in [-0.15, -0.1) is 0 Å². The van der Waals surface area contributed by atoms with Gasteiger partial charge in [-0.3, -0.25) is 0 Å². The Labute approximate surface area is 151 Å². The SMILES string of the molecule is Cc1ccc(NC2=NC3=S(S2)SC(Nc2ccc(C)cc2)=N3)cc1. The molecule has 24 heavy (non-hydrogen) atoms. The van der Waals surface area contributed by atoms with Crippen molar-refractivity contribution in [1.29, 1.82) is 0 Å². The van der Waals surface area contributed by atoms with Gasteiger partial charge in [0.25, 0.3) is 0 Å². The average molecular weight is 373 g/mol. The lowest BCUT2D eigenvalue weighted by molar-refractivity contribution is 1.46. The second kappa shape index (κ2) is 6.66. The van der Waals surface area contributed by atoms with Crippen molar-refractivity contribution in [2.45, 2.75) is 13.8 Å². The van der Waals surface area contributed by atoms with Gasteiger partial charge >= 0.3 is 0 Å². The first-order valence-electron chi connectivity index (χ1n) is 7.48. The second-order valence-electron chi connectivity index (χ2n) is 5.50. The van der Waals surface area contributed by atoms with E-state index in [1.807, 2.05) is 0 Å². The molecule has 2 aromatic rings. The van der Waals surface area contributed by atoms with E-state index in [0.29, 0.717) is 0 Å². The summed E-state index contributed by atoms with van der Waals surface area (Å²) in [6.45, 7) is 4.17. The predicted octanol–water partition coefficient (Wildman–Crippen LogP) is 5.22. The van der Waals surface area contributed by atoms with Crippen LogP contribution >= 0.6 is 30.1 Å². The van der Waals surface area contributed by atoms with E-state index in [1.54, 1.807) is 21.6 Å². The molecule has 0 bridgehead atoms. The van der Waals surface area contributed by atoms with Crippen molar-refractivity contribution in [2.24, 2.45) is 9.98 Å². The molecule has 2 N–H and O–H groups in total. The van der Waals surface area contributed by atoms with Gasteiger partial charge in [0.15, 0.2) is 10.3 Å². The fourth-order valence-electron chi connectivity index (χ4n) is 2.16. The highest BCUT2D eigenvalue weighted by molar-refractivity contribution is 9.21. The Morgan fingerprint density at radius 3 is 1.50 bits per heavy atom. The molecule has 0 fully saturated rings. The number of hydrogen-bond donors (Lipinski definition) is 2. The summed E-state index contributed by atoms with van der Waals surface area (Å²) in [5.74, 6) is 0. The molecule has 0 saturated carbocycles. The van der Waals surface area contributed by atoms with Crippen molar-refractivity contribution >= 4 is 57.0 Å². The summed E-state index contributed by atoms with van der Waals surface area (Å²) in [4.78, 5) is 9.25. The Balaban J connectivity index is 1.41. The molecular formula is C17H16N4S3. The van der Waals surface area contributed by atoms with Gasteiger partial charge in [0.05, 0.1) is 0 Å². The Morgan fingerprint density at radius 2 is 1.12 bits per heavy atom. The van der Waals surface area contributed by atoms with Crippen LogP contribution in [0.4, 0.5) is 11.4 Å². The van der Waals surface area contributed by atoms with E-state index in [-0.39, 0.29) is 8.55 Å². The molecule has 122 valence electrons. The summed E-state index contributed by atoms with van der Waals surface area (Å²) in [6.07, 6.45) is 0. The Morgan fingerprint density at radius 1 is 0.708 bits per heavy atom. The summed E-state index contributed by atoms with van der Waals surface area (Å²) in [6, 6.07) is 16.7. The maximum Gasteiger partial charge on any atom is 0.203 e. The standard InChI is InChI=1S/C17H16N4S3/c1-11-3-7-13(8-4-11)18-15-20-17-21-16(23-24(17)22-15)19-14-9-5-12(2)6-10-14/h3-10H,1-2H3,(H,18,20)(H,19,21). The van der Waals surface area contributed by atoms with Crippen molar-refractivity contribution in [2.75, 3.05) is 10.6 Å². The van der Waals surface area contributed by atoms with Crippen molar-refractivity contribution < 1.29 is 0 Å². The number of benzene rings is 2. The molecule has 0 atom stereocenters. The normalized spacial score (nSPS) is 16.7. The molecule has 4 nitrogen and oxygen atoms in total. The molecule has 4 rings (SSSR count). The molecule has 0 saturated heterocycles. The number of hydrogen-bond acceptors (Lipinski definition) is 6. The first-order chi connectivity index (χ1) is 11.7. The summed E-state index contributed by atoms with van der Waals surface area (Å²) in [5, 5.41) is 9.46. The smallest absolute Gasteiger partial charge is 0.203 e. The van der Waals surface area contributed by atoms with Crippen molar-refractivity contribution in [3.05, 3.63) is 59.7 Å². The number of nitrogens with zero attached hydrogens (tertiary/aromatic N) is 2. The lowest BCUT2D eigenvalue weighted by Crippen LogP contribution is -2.08. The van der Waals surface area contributed by atoms with Gasteiger partial charge in [0.1, 0.15) is 0 Å². The zero-order chi connectivity index (χ0) is 16.5. The zero-order valence-corrected chi connectivity index (χ0v) is 15.7. The number of anilines is 2. The van der Waals surface area contributed by atoms with E-state index in [1.165, 1.54) is 11.1 Å². The molecule has 0 amide bonds. The van der Waals surface area contributed by atoms with Gasteiger partial charge in [-0.2, -0.15) is 9.98 Å². The first-order valence-corrected chi connectivity index (χ1v) is 11.4. The van der Waals surface area contributed by atoms with Crippen molar-refractivity contribution in [1.82, 2.24) is 0 Å². The van der Waals surface area contributed by atoms with E-state index in [0.717, 1.165) is 26.8 Å². The lowest BCUT2D eigenvalue weighted by Gasteiger charge is -2.08. The van der Waals surface area contributed by atoms with Crippen LogP contribution in [0.15, 0.2) is 58.5 Å². The van der Waals surface area contributed by atoms with Crippen LogP contribution < -0.4 is 10.6 Å². The Kier molecular flexibility index (Phi) is 4.39. The van der Waals surface area contributed by atoms with E-state index >= 15 is 0 Å². The lowest BCUT2D eigenvalue weighted by atomic mass is 10.2. The molecule has 0 unspecified atom stereocenters. The maximum absolute atomic E-state index is 4.62. The molecule has 0 aromatic heterocycles. The van der Waals surface area contributed by atoms with Gasteiger partial charge in [-0.1, -0.05) is 35.4 Å². The van der Waals surface area contributed by atoms with Crippen LogP contribution in [0.2, 0.25) is 0 Å². The summed E-state index contributed by atoms with van der Waals surface area (Å²) >= 11 is 0. The third-order valence-corrected chi connectivity index (χ3v) is 8.92. The Hall–Kier alpha value is -1.70. The summed E-state index contributed by atoms with van der Waals surface area (Å²) in [7, 11) is 3.40. The minimum absolute atomic E-state index is 0.0666. The molecule has 0 radical (unpaired) electrons. The van der Waals surface area contributed by atoms with Crippen LogP contribution in [-0.4, -0.2) is 15.4 Å². The van der Waals surface area contributed by atoms with Crippen molar-refractivity contribution in [3.63, 3.8) is 0 Å². The number of amidine groups is 2. The van der Waals surface area contributed by atoms with E-state index in [2.05, 4.69) is 83.0 Å². The van der Waals surface area contributed by atoms with Crippen LogP contribution in [0.3, 0.4) is 0 Å². The van der Waals surface area contributed by atoms with Crippen LogP contribution in [0, 0.1) is 13.8 Å². The molecule has 2 aliphatic rings. The van der Waals surface area contributed by atoms with Gasteiger partial charge in [-0.05, 0) is 68.2 Å². The molecule has 0 aliphatic carbocycles. The molecule has 2 aromatic carbocycles. The fourth-order valence-corrected chi connectivity index (χ4v) is 7.44. The highest BCUT2D eigenvalue weighted by Crippen LogP contribution is 2.53. The molecule has 2 aliphatic heterocycles. The topological polar surface area (TPSA) is 48.8 Å². The molecular weight excluding hydrogens is 356 g/mol. The third kappa shape index (κ3) is 3.53. The second-order valence-corrected chi connectivity index (χ2v) is 11.1. The number of aryl methyl sites for hydroxylation is 2. The maximum atomic E-state index is 4.62. The van der Waals surface area contributed by atoms with Gasteiger partial charge in [-0.25, -0.2) is 0 Å². The molecule has 2 heterocycles. The third-order valence-electron chi connectivity index (χ3n) is 3.46. The van der Waals surface area contributed by atoms with E-state index < -0.39 is 0 Å². The molecule has 7 heteroatoms. The monoisotopic (exact) mass is 372 g/mol. The summed E-state index contributed by atoms with van der Waals surface area (Å²) in [5.41, 5.74) is 4.62. The summed E-state index contributed by atoms with van der Waals surface area (Å²) < 4.78 is 0. The highest BCUT2D eigenvalue weighted by atomic mass is 33.5. The minimum atomic E-state index is -0.0666. The largest absolute Gasteiger partial charge is 0.334 e. The van der Waals surface area contributed by atoms with Gasteiger partial charge < -0.3 is 10.6 Å². The van der Waals surface area contributed by atoms with E-state index in [9.17, 15) is 0 Å².